The largest absolute Gasteiger partial charge is 0.508 e. The van der Waals surface area contributed by atoms with Crippen LogP contribution in [-0.2, 0) is 20.9 Å². The summed E-state index contributed by atoms with van der Waals surface area (Å²) < 4.78 is 6.66. The molecule has 17 unspecified atom stereocenters. The summed E-state index contributed by atoms with van der Waals surface area (Å²) in [5.41, 5.74) is 9.59. The number of nitrogens with one attached hydrogen (secondary N) is 2. The van der Waals surface area contributed by atoms with Gasteiger partial charge in [-0.1, -0.05) is 69.7 Å². The monoisotopic (exact) mass is 926 g/mol. The van der Waals surface area contributed by atoms with Gasteiger partial charge in [0.05, 0.1) is 17.3 Å². The molecular formula is C59H79N3O6. The number of Topliss-reactive ketones (excluding diaryl/α,β-unsaturated/α-hetero) is 2. The highest BCUT2D eigenvalue weighted by Gasteiger charge is 2.76. The summed E-state index contributed by atoms with van der Waals surface area (Å²) in [5.74, 6) is 8.57. The number of β-amino-alcohol motifs (C(OH)–C–C–N with tert-alkyl or cyclic N) is 1. The zero-order valence-corrected chi connectivity index (χ0v) is 41.8. The zero-order valence-electron chi connectivity index (χ0n) is 41.8. The van der Waals surface area contributed by atoms with Crippen molar-refractivity contribution >= 4 is 17.3 Å². The van der Waals surface area contributed by atoms with Gasteiger partial charge < -0.3 is 36.4 Å². The smallest absolute Gasteiger partial charge is 0.163 e. The molecule has 5 saturated carbocycles. The van der Waals surface area contributed by atoms with Crippen LogP contribution in [0.5, 0.6) is 5.75 Å². The summed E-state index contributed by atoms with van der Waals surface area (Å²) in [4.78, 5) is 31.3. The Hall–Kier alpha value is -3.52. The Labute approximate surface area is 405 Å². The van der Waals surface area contributed by atoms with E-state index in [1.54, 1.807) is 6.07 Å². The summed E-state index contributed by atoms with van der Waals surface area (Å²) >= 11 is 0. The molecule has 3 bridgehead atoms. The lowest BCUT2D eigenvalue weighted by Crippen LogP contribution is -2.72. The minimum Gasteiger partial charge on any atom is -0.508 e. The van der Waals surface area contributed by atoms with Crippen molar-refractivity contribution in [2.24, 2.45) is 57.2 Å². The summed E-state index contributed by atoms with van der Waals surface area (Å²) in [5, 5.41) is 42.7. The topological polar surface area (TPSA) is 157 Å². The van der Waals surface area contributed by atoms with Crippen LogP contribution in [-0.4, -0.2) is 69.9 Å². The Kier molecular flexibility index (Phi) is 11.4. The first-order chi connectivity index (χ1) is 32.4. The molecule has 0 aromatic heterocycles. The second-order valence-electron chi connectivity index (χ2n) is 25.2. The second-order valence-corrected chi connectivity index (χ2v) is 25.2. The third-order valence-corrected chi connectivity index (χ3v) is 21.3. The molecule has 68 heavy (non-hydrogen) atoms. The molecule has 0 amide bonds. The van der Waals surface area contributed by atoms with Gasteiger partial charge >= 0.3 is 0 Å². The maximum Gasteiger partial charge on any atom is 0.163 e. The number of aliphatic hydroxyl groups is 2. The van der Waals surface area contributed by atoms with Gasteiger partial charge in [-0.25, -0.2) is 0 Å². The highest BCUT2D eigenvalue weighted by atomic mass is 16.6. The third kappa shape index (κ3) is 7.02. The van der Waals surface area contributed by atoms with E-state index >= 15 is 9.59 Å². The lowest BCUT2D eigenvalue weighted by molar-refractivity contribution is -0.223. The molecule has 2 saturated heterocycles. The molecule has 9 heteroatoms. The molecule has 7 N–H and O–H groups in total. The Bertz CT molecular complexity index is 2470. The molecule has 2 aromatic carbocycles. The number of ether oxygens (including phenoxy) is 1. The first-order valence-corrected chi connectivity index (χ1v) is 26.8. The Morgan fingerprint density at radius 3 is 2.56 bits per heavy atom. The zero-order chi connectivity index (χ0) is 47.8. The summed E-state index contributed by atoms with van der Waals surface area (Å²) in [7, 11) is 1.91. The lowest BCUT2D eigenvalue weighted by Gasteiger charge is -2.73. The number of carbonyl (C=O) groups excluding carboxylic acids is 2. The van der Waals surface area contributed by atoms with Gasteiger partial charge in [-0.2, -0.15) is 0 Å². The van der Waals surface area contributed by atoms with Crippen molar-refractivity contribution in [3.63, 3.8) is 0 Å². The Morgan fingerprint density at radius 2 is 1.76 bits per heavy atom. The van der Waals surface area contributed by atoms with E-state index in [1.807, 2.05) is 32.2 Å². The van der Waals surface area contributed by atoms with Crippen LogP contribution in [0.1, 0.15) is 166 Å². The van der Waals surface area contributed by atoms with Gasteiger partial charge in [0.25, 0.3) is 0 Å². The molecule has 17 atom stereocenters. The van der Waals surface area contributed by atoms with Crippen LogP contribution >= 0.6 is 0 Å². The van der Waals surface area contributed by atoms with E-state index < -0.39 is 28.1 Å². The predicted molar refractivity (Wildman–Crippen MR) is 265 cm³/mol. The molecular weight excluding hydrogens is 847 g/mol. The average Bonchev–Trinajstić information content (AvgIpc) is 3.62. The summed E-state index contributed by atoms with van der Waals surface area (Å²) in [6, 6.07) is 14.0. The molecule has 2 aromatic rings. The Morgan fingerprint density at radius 1 is 0.956 bits per heavy atom. The van der Waals surface area contributed by atoms with E-state index in [4.69, 9.17) is 10.5 Å². The molecule has 9 aliphatic rings. The molecule has 2 heterocycles. The van der Waals surface area contributed by atoms with Crippen molar-refractivity contribution in [3.8, 4) is 17.6 Å². The number of epoxide rings is 1. The molecule has 11 rings (SSSR count). The molecule has 2 aliphatic heterocycles. The van der Waals surface area contributed by atoms with Gasteiger partial charge in [-0.3, -0.25) is 9.59 Å². The molecule has 1 spiro atoms. The maximum atomic E-state index is 15.7. The standard InChI is InChI=1S/C59H79N3O6/c1-54(67)21-9-10-22-55(2)51-46(62-33-54)31-59-29-34-13-7-8-14-37(28-47(64)53-58(5,68-53)43-18-12-17-41(43)36-15-11-16-39(60)26-36)49-44(57(59,4)45(25-34)50(49)65)19-20-48(59)56(51,3)30-42(52(55)66)38-23-35(32-61-6)24-40(63)27-38/h11,15-16,23-24,26-27,34,37,41-43,45-48,51,53,61-64,67H,8-10,12,14,17-22,25,28-33,60H2,1-6H3. The number of hydrogen-bond donors (Lipinski definition) is 6. The van der Waals surface area contributed by atoms with Gasteiger partial charge in [0.1, 0.15) is 17.6 Å². The minimum atomic E-state index is -0.880. The molecule has 0 radical (unpaired) electrons. The predicted octanol–water partition coefficient (Wildman–Crippen LogP) is 9.28. The third-order valence-electron chi connectivity index (χ3n) is 21.3. The first-order valence-electron chi connectivity index (χ1n) is 26.8. The summed E-state index contributed by atoms with van der Waals surface area (Å²) in [6.45, 7) is 12.5. The van der Waals surface area contributed by atoms with Crippen LogP contribution in [0.25, 0.3) is 0 Å². The van der Waals surface area contributed by atoms with Gasteiger partial charge in [0.2, 0.25) is 0 Å². The van der Waals surface area contributed by atoms with Crippen LogP contribution < -0.4 is 16.4 Å². The minimum absolute atomic E-state index is 0.0260. The number of nitrogen functional groups attached to an aromatic ring is 1. The van der Waals surface area contributed by atoms with E-state index in [0.29, 0.717) is 56.3 Å². The number of aromatic hydroxyl groups is 1. The van der Waals surface area contributed by atoms with E-state index in [0.717, 1.165) is 99.4 Å². The lowest BCUT2D eigenvalue weighted by atomic mass is 9.30. The number of ketones is 2. The normalized spacial score (nSPS) is 45.5. The number of carbonyl (C=O) groups is 2. The molecule has 9 nitrogen and oxygen atoms in total. The van der Waals surface area contributed by atoms with E-state index in [-0.39, 0.29) is 70.2 Å². The van der Waals surface area contributed by atoms with Gasteiger partial charge in [0, 0.05) is 59.8 Å². The number of phenols is 1. The quantitative estimate of drug-likeness (QED) is 0.0863. The van der Waals surface area contributed by atoms with E-state index in [2.05, 4.69) is 68.4 Å². The molecule has 7 aliphatic carbocycles. The highest BCUT2D eigenvalue weighted by Crippen LogP contribution is 2.79. The fourth-order valence-electron chi connectivity index (χ4n) is 18.7. The Balaban J connectivity index is 0.989. The highest BCUT2D eigenvalue weighted by molar-refractivity contribution is 6.03. The van der Waals surface area contributed by atoms with Crippen LogP contribution in [0.4, 0.5) is 5.69 Å². The number of benzene rings is 2. The number of aliphatic hydroxyl groups excluding tert-OH is 1. The summed E-state index contributed by atoms with van der Waals surface area (Å²) in [6.07, 6.45) is 12.4. The molecule has 7 fully saturated rings. The fourth-order valence-corrected chi connectivity index (χ4v) is 18.7. The second kappa shape index (κ2) is 16.5. The number of phenolic OH excluding ortho intramolecular Hbond substituents is 1. The van der Waals surface area contributed by atoms with Crippen molar-refractivity contribution in [1.82, 2.24) is 10.6 Å². The van der Waals surface area contributed by atoms with Crippen molar-refractivity contribution in [2.75, 3.05) is 19.3 Å². The van der Waals surface area contributed by atoms with Crippen molar-refractivity contribution < 1.29 is 29.6 Å². The van der Waals surface area contributed by atoms with E-state index in [1.165, 1.54) is 11.1 Å². The number of anilines is 1. The number of hydrogen-bond acceptors (Lipinski definition) is 9. The van der Waals surface area contributed by atoms with Crippen LogP contribution in [0, 0.1) is 69.0 Å². The van der Waals surface area contributed by atoms with Crippen molar-refractivity contribution in [1.29, 1.82) is 0 Å². The van der Waals surface area contributed by atoms with Crippen LogP contribution in [0.15, 0.2) is 53.6 Å². The number of rotatable bonds is 8. The van der Waals surface area contributed by atoms with Gasteiger partial charge in [0.15, 0.2) is 5.78 Å². The van der Waals surface area contributed by atoms with Gasteiger partial charge in [-0.15, -0.1) is 5.92 Å². The number of allylic oxidation sites excluding steroid dienone is 2. The van der Waals surface area contributed by atoms with Crippen LogP contribution in [0.3, 0.4) is 0 Å². The van der Waals surface area contributed by atoms with Gasteiger partial charge in [-0.05, 0) is 185 Å². The fraction of sp³-hybridized carbons (Fsp3) is 0.695. The van der Waals surface area contributed by atoms with Crippen LogP contribution in [0.2, 0.25) is 0 Å². The van der Waals surface area contributed by atoms with Crippen molar-refractivity contribution in [3.05, 3.63) is 70.3 Å². The van der Waals surface area contributed by atoms with E-state index in [9.17, 15) is 15.3 Å². The number of fused-ring (bicyclic) bond motifs is 3. The van der Waals surface area contributed by atoms with Crippen molar-refractivity contribution in [2.45, 2.75) is 185 Å². The first kappa shape index (κ1) is 46.8. The SMILES string of the molecule is CNCc1cc(O)cc(C2CC3(C)C4C(CC56CC7C#CCCC(CC(O)C8OC8(C)C8CCCC8c8cccc(N)c8)C8=C(CCC35)C6(C)C(C7)C8=O)NCC(C)(O)CCCCC4(C)C2=O)c1. The number of nitrogens with two attached hydrogens (primary N) is 1. The maximum absolute atomic E-state index is 15.7. The average molecular weight is 926 g/mol. The molecule has 366 valence electrons.